The van der Waals surface area contributed by atoms with Crippen LogP contribution in [0.5, 0.6) is 0 Å². The van der Waals surface area contributed by atoms with Crippen molar-refractivity contribution in [3.63, 3.8) is 0 Å². The Morgan fingerprint density at radius 3 is 2.57 bits per heavy atom. The maximum atomic E-state index is 12.3. The summed E-state index contributed by atoms with van der Waals surface area (Å²) in [6.07, 6.45) is 2.93. The van der Waals surface area contributed by atoms with Crippen molar-refractivity contribution in [1.82, 2.24) is 4.98 Å². The number of pyridine rings is 1. The fourth-order valence-corrected chi connectivity index (χ4v) is 3.74. The molecule has 23 heavy (non-hydrogen) atoms. The second-order valence-corrected chi connectivity index (χ2v) is 8.06. The van der Waals surface area contributed by atoms with Gasteiger partial charge in [0.2, 0.25) is 10.0 Å². The van der Waals surface area contributed by atoms with Crippen molar-refractivity contribution < 1.29 is 8.42 Å². The Hall–Kier alpha value is -1.92. The Morgan fingerprint density at radius 2 is 1.83 bits per heavy atom. The maximum absolute atomic E-state index is 12.3. The van der Waals surface area contributed by atoms with Gasteiger partial charge in [-0.1, -0.05) is 46.3 Å². The van der Waals surface area contributed by atoms with E-state index in [4.69, 9.17) is 0 Å². The smallest absolute Gasteiger partial charge is 0.232 e. The summed E-state index contributed by atoms with van der Waals surface area (Å²) in [7, 11) is -3.42. The molecule has 4 nitrogen and oxygen atoms in total. The van der Waals surface area contributed by atoms with Gasteiger partial charge in [-0.3, -0.25) is 9.29 Å². The summed E-state index contributed by atoms with van der Waals surface area (Å²) in [6.45, 7) is 0.240. The second-order valence-electron chi connectivity index (χ2n) is 5.24. The van der Waals surface area contributed by atoms with Gasteiger partial charge in [-0.15, -0.1) is 0 Å². The molecule has 1 aromatic heterocycles. The van der Waals surface area contributed by atoms with E-state index in [1.807, 2.05) is 42.5 Å². The number of benzene rings is 2. The van der Waals surface area contributed by atoms with E-state index >= 15 is 0 Å². The van der Waals surface area contributed by atoms with Gasteiger partial charge in [0.25, 0.3) is 0 Å². The van der Waals surface area contributed by atoms with Gasteiger partial charge < -0.3 is 0 Å². The number of para-hydroxylation sites is 1. The molecule has 3 rings (SSSR count). The van der Waals surface area contributed by atoms with Gasteiger partial charge in [0.1, 0.15) is 0 Å². The third-order valence-electron chi connectivity index (χ3n) is 3.53. The average molecular weight is 391 g/mol. The van der Waals surface area contributed by atoms with E-state index in [2.05, 4.69) is 20.9 Å². The average Bonchev–Trinajstić information content (AvgIpc) is 2.51. The summed E-state index contributed by atoms with van der Waals surface area (Å²) in [5.41, 5.74) is 2.31. The van der Waals surface area contributed by atoms with Crippen LogP contribution in [-0.2, 0) is 16.6 Å². The van der Waals surface area contributed by atoms with E-state index in [-0.39, 0.29) is 6.54 Å². The van der Waals surface area contributed by atoms with Gasteiger partial charge in [0.15, 0.2) is 0 Å². The zero-order valence-corrected chi connectivity index (χ0v) is 14.9. The zero-order valence-electron chi connectivity index (χ0n) is 12.5. The monoisotopic (exact) mass is 390 g/mol. The highest BCUT2D eigenvalue weighted by atomic mass is 79.9. The van der Waals surface area contributed by atoms with E-state index in [9.17, 15) is 8.42 Å². The molecule has 118 valence electrons. The SMILES string of the molecule is CS(=O)(=O)N(Cc1cccc2cccnc12)c1cccc(Br)c1. The van der Waals surface area contributed by atoms with Crippen molar-refractivity contribution in [2.24, 2.45) is 0 Å². The highest BCUT2D eigenvalue weighted by Gasteiger charge is 2.19. The minimum absolute atomic E-state index is 0.240. The molecule has 0 aliphatic carbocycles. The summed E-state index contributed by atoms with van der Waals surface area (Å²) < 4.78 is 26.8. The van der Waals surface area contributed by atoms with Crippen LogP contribution in [-0.4, -0.2) is 19.7 Å². The van der Waals surface area contributed by atoms with Gasteiger partial charge in [-0.25, -0.2) is 8.42 Å². The summed E-state index contributed by atoms with van der Waals surface area (Å²) in [5, 5.41) is 0.993. The summed E-state index contributed by atoms with van der Waals surface area (Å²) >= 11 is 3.39. The molecule has 0 spiro atoms. The molecule has 1 heterocycles. The summed E-state index contributed by atoms with van der Waals surface area (Å²) in [6, 6.07) is 16.9. The number of aromatic nitrogens is 1. The first-order valence-electron chi connectivity index (χ1n) is 7.01. The lowest BCUT2D eigenvalue weighted by Crippen LogP contribution is -2.29. The molecule has 0 N–H and O–H groups in total. The molecule has 0 radical (unpaired) electrons. The van der Waals surface area contributed by atoms with Crippen LogP contribution in [0.2, 0.25) is 0 Å². The Balaban J connectivity index is 2.09. The number of anilines is 1. The van der Waals surface area contributed by atoms with Gasteiger partial charge in [0.05, 0.1) is 24.0 Å². The summed E-state index contributed by atoms with van der Waals surface area (Å²) in [4.78, 5) is 4.40. The third kappa shape index (κ3) is 3.54. The number of fused-ring (bicyclic) bond motifs is 1. The highest BCUT2D eigenvalue weighted by Crippen LogP contribution is 2.26. The normalized spacial score (nSPS) is 11.6. The number of hydrogen-bond acceptors (Lipinski definition) is 3. The molecule has 0 atom stereocenters. The summed E-state index contributed by atoms with van der Waals surface area (Å²) in [5.74, 6) is 0. The van der Waals surface area contributed by atoms with Gasteiger partial charge >= 0.3 is 0 Å². The molecule has 2 aromatic carbocycles. The number of halogens is 1. The minimum Gasteiger partial charge on any atom is -0.266 e. The topological polar surface area (TPSA) is 50.3 Å². The molecule has 0 unspecified atom stereocenters. The predicted molar refractivity (Wildman–Crippen MR) is 96.9 cm³/mol. The van der Waals surface area contributed by atoms with Crippen LogP contribution in [0.25, 0.3) is 10.9 Å². The zero-order chi connectivity index (χ0) is 16.4. The number of sulfonamides is 1. The van der Waals surface area contributed by atoms with Crippen LogP contribution in [0, 0.1) is 0 Å². The molecule has 0 saturated heterocycles. The van der Waals surface area contributed by atoms with E-state index in [1.165, 1.54) is 10.6 Å². The Morgan fingerprint density at radius 1 is 1.09 bits per heavy atom. The van der Waals surface area contributed by atoms with Crippen LogP contribution >= 0.6 is 15.9 Å². The molecule has 0 fully saturated rings. The van der Waals surface area contributed by atoms with E-state index in [1.54, 1.807) is 18.3 Å². The largest absolute Gasteiger partial charge is 0.266 e. The lowest BCUT2D eigenvalue weighted by atomic mass is 10.1. The van der Waals surface area contributed by atoms with Crippen LogP contribution in [0.3, 0.4) is 0 Å². The second kappa shape index (κ2) is 6.29. The van der Waals surface area contributed by atoms with Crippen LogP contribution in [0.4, 0.5) is 5.69 Å². The predicted octanol–water partition coefficient (Wildman–Crippen LogP) is 3.96. The first-order valence-corrected chi connectivity index (χ1v) is 9.65. The van der Waals surface area contributed by atoms with Gasteiger partial charge in [-0.05, 0) is 29.8 Å². The number of rotatable bonds is 4. The van der Waals surface area contributed by atoms with E-state index < -0.39 is 10.0 Å². The van der Waals surface area contributed by atoms with Crippen LogP contribution in [0.1, 0.15) is 5.56 Å². The van der Waals surface area contributed by atoms with Crippen molar-refractivity contribution >= 4 is 42.5 Å². The minimum atomic E-state index is -3.42. The fourth-order valence-electron chi connectivity index (χ4n) is 2.48. The molecule has 3 aromatic rings. The molecule has 0 bridgehead atoms. The molecule has 0 amide bonds. The van der Waals surface area contributed by atoms with Crippen LogP contribution < -0.4 is 4.31 Å². The molecule has 0 aliphatic heterocycles. The Kier molecular flexibility index (Phi) is 4.37. The molecular weight excluding hydrogens is 376 g/mol. The number of nitrogens with zero attached hydrogens (tertiary/aromatic N) is 2. The fraction of sp³-hybridized carbons (Fsp3) is 0.118. The van der Waals surface area contributed by atoms with Crippen LogP contribution in [0.15, 0.2) is 65.3 Å². The standard InChI is InChI=1S/C17H15BrN2O2S/c1-23(21,22)20(16-9-3-8-15(18)11-16)12-14-6-2-5-13-7-4-10-19-17(13)14/h2-11H,12H2,1H3. The molecular formula is C17H15BrN2O2S. The third-order valence-corrected chi connectivity index (χ3v) is 5.16. The first-order chi connectivity index (χ1) is 10.9. The van der Waals surface area contributed by atoms with Crippen molar-refractivity contribution in [2.45, 2.75) is 6.54 Å². The maximum Gasteiger partial charge on any atom is 0.232 e. The Labute approximate surface area is 144 Å². The van der Waals surface area contributed by atoms with Crippen molar-refractivity contribution in [3.05, 3.63) is 70.8 Å². The quantitative estimate of drug-likeness (QED) is 0.677. The van der Waals surface area contributed by atoms with Crippen molar-refractivity contribution in [3.8, 4) is 0 Å². The van der Waals surface area contributed by atoms with Crippen molar-refractivity contribution in [1.29, 1.82) is 0 Å². The lowest BCUT2D eigenvalue weighted by molar-refractivity contribution is 0.596. The molecule has 6 heteroatoms. The van der Waals surface area contributed by atoms with Crippen molar-refractivity contribution in [2.75, 3.05) is 10.6 Å². The highest BCUT2D eigenvalue weighted by molar-refractivity contribution is 9.10. The lowest BCUT2D eigenvalue weighted by Gasteiger charge is -2.23. The first kappa shape index (κ1) is 16.0. The van der Waals surface area contributed by atoms with E-state index in [0.717, 1.165) is 20.9 Å². The van der Waals surface area contributed by atoms with E-state index in [0.29, 0.717) is 5.69 Å². The van der Waals surface area contributed by atoms with Gasteiger partial charge in [-0.2, -0.15) is 0 Å². The molecule has 0 saturated carbocycles. The molecule has 0 aliphatic rings. The van der Waals surface area contributed by atoms with Gasteiger partial charge in [0, 0.05) is 16.1 Å². The number of hydrogen-bond donors (Lipinski definition) is 0. The Bertz CT molecular complexity index is 952.